The first-order valence-electron chi connectivity index (χ1n) is 6.88. The van der Waals surface area contributed by atoms with Crippen LogP contribution in [0.15, 0.2) is 35.1 Å². The first-order valence-corrected chi connectivity index (χ1v) is 6.88. The quantitative estimate of drug-likeness (QED) is 0.904. The van der Waals surface area contributed by atoms with Crippen molar-refractivity contribution in [1.29, 1.82) is 0 Å². The first-order chi connectivity index (χ1) is 9.82. The van der Waals surface area contributed by atoms with Crippen LogP contribution in [0.4, 0.5) is 0 Å². The molecule has 0 aliphatic heterocycles. The fourth-order valence-electron chi connectivity index (χ4n) is 2.11. The number of aromatic amines is 1. The van der Waals surface area contributed by atoms with Crippen molar-refractivity contribution in [3.63, 3.8) is 0 Å². The minimum atomic E-state index is -0.501. The lowest BCUT2D eigenvalue weighted by Crippen LogP contribution is -2.40. The van der Waals surface area contributed by atoms with Gasteiger partial charge in [0.2, 0.25) is 5.75 Å². The number of nitrogens with zero attached hydrogens (tertiary/aromatic N) is 2. The monoisotopic (exact) mass is 287 g/mol. The van der Waals surface area contributed by atoms with Crippen molar-refractivity contribution in [2.45, 2.75) is 32.9 Å². The molecule has 2 aromatic rings. The van der Waals surface area contributed by atoms with Gasteiger partial charge in [0.1, 0.15) is 5.82 Å². The minimum Gasteiger partial charge on any atom is -0.502 e. The summed E-state index contributed by atoms with van der Waals surface area (Å²) >= 11 is 0. The van der Waals surface area contributed by atoms with Crippen molar-refractivity contribution in [2.75, 3.05) is 7.05 Å². The Labute approximate surface area is 124 Å². The molecule has 0 saturated carbocycles. The molecule has 5 nitrogen and oxygen atoms in total. The Morgan fingerprint density at radius 2 is 1.90 bits per heavy atom. The third-order valence-corrected chi connectivity index (χ3v) is 3.87. The zero-order chi connectivity index (χ0) is 15.6. The largest absolute Gasteiger partial charge is 0.502 e. The van der Waals surface area contributed by atoms with Crippen molar-refractivity contribution in [2.24, 2.45) is 0 Å². The van der Waals surface area contributed by atoms with E-state index in [-0.39, 0.29) is 5.75 Å². The second kappa shape index (κ2) is 5.69. The fraction of sp³-hybridized carbons (Fsp3) is 0.375. The Morgan fingerprint density at radius 3 is 2.48 bits per heavy atom. The van der Waals surface area contributed by atoms with Crippen LogP contribution in [0.1, 0.15) is 30.9 Å². The van der Waals surface area contributed by atoms with Crippen LogP contribution in [-0.4, -0.2) is 27.0 Å². The van der Waals surface area contributed by atoms with Gasteiger partial charge in [-0.15, -0.1) is 0 Å². The summed E-state index contributed by atoms with van der Waals surface area (Å²) in [4.78, 5) is 20.8. The van der Waals surface area contributed by atoms with Crippen molar-refractivity contribution in [1.82, 2.24) is 14.9 Å². The molecule has 0 fully saturated rings. The summed E-state index contributed by atoms with van der Waals surface area (Å²) in [7, 11) is 1.98. The Hall–Kier alpha value is -2.14. The van der Waals surface area contributed by atoms with Crippen molar-refractivity contribution in [3.8, 4) is 5.75 Å². The summed E-state index contributed by atoms with van der Waals surface area (Å²) < 4.78 is 0. The van der Waals surface area contributed by atoms with Gasteiger partial charge in [-0.05, 0) is 33.4 Å². The van der Waals surface area contributed by atoms with Crippen LogP contribution < -0.4 is 5.56 Å². The second-order valence-corrected chi connectivity index (χ2v) is 5.75. The molecule has 0 aliphatic rings. The van der Waals surface area contributed by atoms with Crippen LogP contribution in [0.25, 0.3) is 0 Å². The van der Waals surface area contributed by atoms with Crippen LogP contribution in [0, 0.1) is 6.92 Å². The molecule has 2 N–H and O–H groups in total. The molecule has 0 spiro atoms. The normalized spacial score (nSPS) is 11.9. The van der Waals surface area contributed by atoms with E-state index in [1.54, 1.807) is 6.92 Å². The Balaban J connectivity index is 2.30. The van der Waals surface area contributed by atoms with Crippen LogP contribution in [-0.2, 0) is 12.1 Å². The lowest BCUT2D eigenvalue weighted by atomic mass is 10.0. The highest BCUT2D eigenvalue weighted by Gasteiger charge is 2.29. The molecule has 0 atom stereocenters. The number of aromatic hydroxyl groups is 1. The van der Waals surface area contributed by atoms with Gasteiger partial charge in [0.15, 0.2) is 0 Å². The fourth-order valence-corrected chi connectivity index (χ4v) is 2.11. The predicted molar refractivity (Wildman–Crippen MR) is 82.2 cm³/mol. The third-order valence-electron chi connectivity index (χ3n) is 3.87. The van der Waals surface area contributed by atoms with Gasteiger partial charge in [0, 0.05) is 6.54 Å². The summed E-state index contributed by atoms with van der Waals surface area (Å²) in [5.41, 5.74) is 0.563. The van der Waals surface area contributed by atoms with Gasteiger partial charge in [0.25, 0.3) is 5.56 Å². The molecular weight excluding hydrogens is 266 g/mol. The predicted octanol–water partition coefficient (Wildman–Crippen LogP) is 2.15. The molecule has 5 heteroatoms. The van der Waals surface area contributed by atoms with E-state index in [0.29, 0.717) is 11.5 Å². The number of aromatic nitrogens is 2. The second-order valence-electron chi connectivity index (χ2n) is 5.75. The highest BCUT2D eigenvalue weighted by molar-refractivity contribution is 5.23. The number of aryl methyl sites for hydroxylation is 1. The average molecular weight is 287 g/mol. The number of nitrogens with one attached hydrogen (secondary N) is 1. The van der Waals surface area contributed by atoms with E-state index < -0.39 is 11.1 Å². The zero-order valence-corrected chi connectivity index (χ0v) is 12.8. The number of benzene rings is 1. The molecule has 0 saturated heterocycles. The van der Waals surface area contributed by atoms with Gasteiger partial charge >= 0.3 is 0 Å². The summed E-state index contributed by atoms with van der Waals surface area (Å²) in [6.45, 7) is 6.34. The van der Waals surface area contributed by atoms with Gasteiger partial charge in [-0.2, -0.15) is 0 Å². The van der Waals surface area contributed by atoms with E-state index in [9.17, 15) is 9.90 Å². The number of hydrogen-bond donors (Lipinski definition) is 2. The lowest BCUT2D eigenvalue weighted by Gasteiger charge is -2.34. The molecular formula is C16H21N3O2. The van der Waals surface area contributed by atoms with E-state index in [0.717, 1.165) is 6.54 Å². The van der Waals surface area contributed by atoms with Crippen LogP contribution in [0.3, 0.4) is 0 Å². The lowest BCUT2D eigenvalue weighted by molar-refractivity contribution is 0.137. The zero-order valence-electron chi connectivity index (χ0n) is 12.8. The Bertz CT molecular complexity index is 678. The molecule has 0 amide bonds. The maximum Gasteiger partial charge on any atom is 0.293 e. The van der Waals surface area contributed by atoms with Crippen LogP contribution in [0.5, 0.6) is 5.75 Å². The number of hydrogen-bond acceptors (Lipinski definition) is 4. The highest BCUT2D eigenvalue weighted by Crippen LogP contribution is 2.25. The minimum absolute atomic E-state index is 0.319. The molecule has 1 heterocycles. The molecule has 0 bridgehead atoms. The molecule has 112 valence electrons. The molecule has 0 unspecified atom stereocenters. The van der Waals surface area contributed by atoms with Gasteiger partial charge in [-0.3, -0.25) is 9.69 Å². The van der Waals surface area contributed by atoms with E-state index in [2.05, 4.69) is 27.0 Å². The summed E-state index contributed by atoms with van der Waals surface area (Å²) in [5.74, 6) is 0.224. The summed E-state index contributed by atoms with van der Waals surface area (Å²) in [5, 5.41) is 9.55. The van der Waals surface area contributed by atoms with Crippen molar-refractivity contribution >= 4 is 0 Å². The average Bonchev–Trinajstić information content (AvgIpc) is 2.45. The Kier molecular flexibility index (Phi) is 4.14. The summed E-state index contributed by atoms with van der Waals surface area (Å²) in [6.07, 6.45) is 0. The van der Waals surface area contributed by atoms with Gasteiger partial charge in [0.05, 0.1) is 11.2 Å². The van der Waals surface area contributed by atoms with Crippen LogP contribution >= 0.6 is 0 Å². The van der Waals surface area contributed by atoms with E-state index in [4.69, 9.17) is 0 Å². The van der Waals surface area contributed by atoms with E-state index in [1.165, 1.54) is 5.56 Å². The maximum atomic E-state index is 11.7. The molecule has 0 radical (unpaired) electrons. The Morgan fingerprint density at radius 1 is 1.29 bits per heavy atom. The maximum absolute atomic E-state index is 11.7. The van der Waals surface area contributed by atoms with Crippen molar-refractivity contribution in [3.05, 3.63) is 57.8 Å². The standard InChI is InChI=1S/C16H21N3O2/c1-11-13(20)14(21)18-15(17-11)16(2,3)19(4)10-12-8-6-5-7-9-12/h5-9,20H,10H2,1-4H3,(H,17,18,21). The number of rotatable bonds is 4. The molecule has 2 rings (SSSR count). The SMILES string of the molecule is Cc1nc(C(C)(C)N(C)Cc2ccccc2)[nH]c(=O)c1O. The molecule has 0 aliphatic carbocycles. The van der Waals surface area contributed by atoms with E-state index >= 15 is 0 Å². The van der Waals surface area contributed by atoms with Crippen LogP contribution in [0.2, 0.25) is 0 Å². The third kappa shape index (κ3) is 3.13. The topological polar surface area (TPSA) is 69.2 Å². The highest BCUT2D eigenvalue weighted by atomic mass is 16.3. The van der Waals surface area contributed by atoms with Gasteiger partial charge in [-0.1, -0.05) is 30.3 Å². The molecule has 1 aromatic carbocycles. The van der Waals surface area contributed by atoms with Gasteiger partial charge < -0.3 is 10.1 Å². The van der Waals surface area contributed by atoms with Crippen molar-refractivity contribution < 1.29 is 5.11 Å². The first kappa shape index (κ1) is 15.3. The number of H-pyrrole nitrogens is 1. The van der Waals surface area contributed by atoms with Gasteiger partial charge in [-0.25, -0.2) is 4.98 Å². The summed E-state index contributed by atoms with van der Waals surface area (Å²) in [6, 6.07) is 10.1. The smallest absolute Gasteiger partial charge is 0.293 e. The molecule has 21 heavy (non-hydrogen) atoms. The van der Waals surface area contributed by atoms with E-state index in [1.807, 2.05) is 39.1 Å². The molecule has 1 aromatic heterocycles.